The third-order valence-corrected chi connectivity index (χ3v) is 1.10. The van der Waals surface area contributed by atoms with Gasteiger partial charge in [0.15, 0.2) is 0 Å². The molecule has 2 amide bonds. The maximum atomic E-state index is 10.3. The van der Waals surface area contributed by atoms with Gasteiger partial charge in [0.2, 0.25) is 5.91 Å². The maximum Gasteiger partial charge on any atom is 0.404 e. The molecule has 11 heavy (non-hydrogen) atoms. The van der Waals surface area contributed by atoms with Gasteiger partial charge in [-0.2, -0.15) is 0 Å². The number of nitrogens with two attached hydrogens (primary N) is 2. The first kappa shape index (κ1) is 9.70. The van der Waals surface area contributed by atoms with Gasteiger partial charge in [0.1, 0.15) is 0 Å². The number of nitrogens with one attached hydrogen (secondary N) is 1. The van der Waals surface area contributed by atoms with Crippen LogP contribution in [0.5, 0.6) is 0 Å². The van der Waals surface area contributed by atoms with E-state index in [2.05, 4.69) is 5.32 Å². The molecular weight excluding hydrogens is 150 g/mol. The van der Waals surface area contributed by atoms with Gasteiger partial charge in [0, 0.05) is 6.54 Å². The highest BCUT2D eigenvalue weighted by atomic mass is 16.4. The summed E-state index contributed by atoms with van der Waals surface area (Å²) < 4.78 is 0. The van der Waals surface area contributed by atoms with Crippen molar-refractivity contribution in [1.82, 2.24) is 5.32 Å². The molecule has 0 saturated carbocycles. The van der Waals surface area contributed by atoms with Crippen LogP contribution in [-0.2, 0) is 4.79 Å². The summed E-state index contributed by atoms with van der Waals surface area (Å²) in [6, 6.07) is -0.776. The van der Waals surface area contributed by atoms with Crippen LogP contribution in [0, 0.1) is 0 Å². The fraction of sp³-hybridized carbons (Fsp3) is 0.600. The average molecular weight is 161 g/mol. The Bertz CT molecular complexity index is 159. The van der Waals surface area contributed by atoms with E-state index < -0.39 is 18.0 Å². The minimum atomic E-state index is -1.14. The van der Waals surface area contributed by atoms with E-state index in [1.807, 2.05) is 0 Å². The predicted octanol–water partition coefficient (Wildman–Crippen LogP) is -1.54. The lowest BCUT2D eigenvalue weighted by Gasteiger charge is -2.05. The molecule has 0 unspecified atom stereocenters. The van der Waals surface area contributed by atoms with Crippen LogP contribution in [0.3, 0.4) is 0 Å². The molecule has 0 aromatic rings. The van der Waals surface area contributed by atoms with Gasteiger partial charge >= 0.3 is 6.09 Å². The van der Waals surface area contributed by atoms with Crippen LogP contribution in [-0.4, -0.2) is 29.7 Å². The number of carbonyl (C=O) groups is 2. The molecule has 6 N–H and O–H groups in total. The summed E-state index contributed by atoms with van der Waals surface area (Å²) in [6.45, 7) is 0.138. The van der Waals surface area contributed by atoms with Gasteiger partial charge in [-0.3, -0.25) is 4.79 Å². The normalized spacial score (nSPS) is 12.1. The van der Waals surface area contributed by atoms with Crippen molar-refractivity contribution >= 4 is 12.0 Å². The van der Waals surface area contributed by atoms with Crippen molar-refractivity contribution in [3.05, 3.63) is 0 Å². The lowest BCUT2D eigenvalue weighted by Crippen LogP contribution is -2.39. The Morgan fingerprint density at radius 3 is 2.45 bits per heavy atom. The Morgan fingerprint density at radius 2 is 2.09 bits per heavy atom. The second-order valence-electron chi connectivity index (χ2n) is 2.03. The molecule has 6 heteroatoms. The van der Waals surface area contributed by atoms with Crippen molar-refractivity contribution < 1.29 is 14.7 Å². The van der Waals surface area contributed by atoms with E-state index in [4.69, 9.17) is 16.6 Å². The smallest absolute Gasteiger partial charge is 0.404 e. The van der Waals surface area contributed by atoms with Crippen molar-refractivity contribution in [2.75, 3.05) is 6.54 Å². The molecule has 0 aliphatic heterocycles. The van der Waals surface area contributed by atoms with Gasteiger partial charge in [-0.25, -0.2) is 4.79 Å². The monoisotopic (exact) mass is 161 g/mol. The van der Waals surface area contributed by atoms with Crippen molar-refractivity contribution in [1.29, 1.82) is 0 Å². The minimum Gasteiger partial charge on any atom is -0.465 e. The van der Waals surface area contributed by atoms with Gasteiger partial charge in [-0.1, -0.05) is 0 Å². The summed E-state index contributed by atoms with van der Waals surface area (Å²) in [7, 11) is 0. The highest BCUT2D eigenvalue weighted by Crippen LogP contribution is 1.83. The zero-order valence-corrected chi connectivity index (χ0v) is 5.91. The van der Waals surface area contributed by atoms with E-state index in [1.54, 1.807) is 0 Å². The number of carboxylic acid groups (broad SMARTS) is 1. The zero-order valence-electron chi connectivity index (χ0n) is 5.91. The third-order valence-electron chi connectivity index (χ3n) is 1.10. The molecule has 0 aromatic heterocycles. The SMILES string of the molecule is NC(=O)[C@@H](N)CCNC(=O)O. The molecule has 1 atom stereocenters. The highest BCUT2D eigenvalue weighted by Gasteiger charge is 2.08. The van der Waals surface area contributed by atoms with Crippen molar-refractivity contribution in [3.8, 4) is 0 Å². The standard InChI is InChI=1S/C5H11N3O3/c6-3(4(7)9)1-2-8-5(10)11/h3,8H,1-2,6H2,(H2,7,9)(H,10,11)/t3-/m0/s1. The molecule has 6 nitrogen and oxygen atoms in total. The molecular formula is C5H11N3O3. The average Bonchev–Trinajstić information content (AvgIpc) is 1.86. The summed E-state index contributed by atoms with van der Waals surface area (Å²) in [5.74, 6) is -0.628. The minimum absolute atomic E-state index is 0.138. The van der Waals surface area contributed by atoms with Crippen LogP contribution in [0.2, 0.25) is 0 Å². The van der Waals surface area contributed by atoms with Crippen LogP contribution in [0.25, 0.3) is 0 Å². The molecule has 0 aromatic carbocycles. The molecule has 0 heterocycles. The van der Waals surface area contributed by atoms with Gasteiger partial charge in [0.05, 0.1) is 6.04 Å². The summed E-state index contributed by atoms with van der Waals surface area (Å²) in [4.78, 5) is 20.2. The van der Waals surface area contributed by atoms with Gasteiger partial charge < -0.3 is 21.9 Å². The quantitative estimate of drug-likeness (QED) is 0.399. The van der Waals surface area contributed by atoms with Crippen LogP contribution in [0.1, 0.15) is 6.42 Å². The third kappa shape index (κ3) is 5.16. The first-order valence-electron chi connectivity index (χ1n) is 3.05. The second kappa shape index (κ2) is 4.51. The number of hydrogen-bond acceptors (Lipinski definition) is 3. The summed E-state index contributed by atoms with van der Waals surface area (Å²) >= 11 is 0. The maximum absolute atomic E-state index is 10.3. The van der Waals surface area contributed by atoms with E-state index in [1.165, 1.54) is 0 Å². The van der Waals surface area contributed by atoms with E-state index in [9.17, 15) is 9.59 Å². The van der Waals surface area contributed by atoms with Gasteiger partial charge in [-0.15, -0.1) is 0 Å². The van der Waals surface area contributed by atoms with Crippen molar-refractivity contribution in [2.45, 2.75) is 12.5 Å². The molecule has 0 spiro atoms. The number of primary amides is 1. The Labute approximate surface area is 63.5 Å². The molecule has 0 bridgehead atoms. The van der Waals surface area contributed by atoms with Gasteiger partial charge in [-0.05, 0) is 6.42 Å². The number of amides is 2. The molecule has 0 saturated heterocycles. The van der Waals surface area contributed by atoms with Crippen LogP contribution < -0.4 is 16.8 Å². The van der Waals surface area contributed by atoms with E-state index in [0.29, 0.717) is 0 Å². The Kier molecular flexibility index (Phi) is 3.97. The Balaban J connectivity index is 3.39. The zero-order chi connectivity index (χ0) is 8.85. The lowest BCUT2D eigenvalue weighted by atomic mass is 10.2. The first-order chi connectivity index (χ1) is 5.04. The van der Waals surface area contributed by atoms with Crippen LogP contribution in [0.15, 0.2) is 0 Å². The van der Waals surface area contributed by atoms with Crippen molar-refractivity contribution in [2.24, 2.45) is 11.5 Å². The summed E-state index contributed by atoms with van der Waals surface area (Å²) in [5, 5.41) is 10.2. The fourth-order valence-electron chi connectivity index (χ4n) is 0.477. The van der Waals surface area contributed by atoms with Crippen LogP contribution >= 0.6 is 0 Å². The fourth-order valence-corrected chi connectivity index (χ4v) is 0.477. The highest BCUT2D eigenvalue weighted by molar-refractivity contribution is 5.79. The number of carbonyl (C=O) groups excluding carboxylic acids is 1. The molecule has 64 valence electrons. The number of hydrogen-bond donors (Lipinski definition) is 4. The van der Waals surface area contributed by atoms with E-state index >= 15 is 0 Å². The Hall–Kier alpha value is -1.30. The molecule has 0 rings (SSSR count). The second-order valence-corrected chi connectivity index (χ2v) is 2.03. The van der Waals surface area contributed by atoms with Crippen LogP contribution in [0.4, 0.5) is 4.79 Å². The topological polar surface area (TPSA) is 118 Å². The van der Waals surface area contributed by atoms with Crippen molar-refractivity contribution in [3.63, 3.8) is 0 Å². The molecule has 0 radical (unpaired) electrons. The summed E-state index contributed by atoms with van der Waals surface area (Å²) in [5.41, 5.74) is 10.0. The Morgan fingerprint density at radius 1 is 1.55 bits per heavy atom. The molecule has 0 aliphatic rings. The summed E-state index contributed by atoms with van der Waals surface area (Å²) in [6.07, 6.45) is -0.913. The van der Waals surface area contributed by atoms with E-state index in [-0.39, 0.29) is 13.0 Å². The van der Waals surface area contributed by atoms with E-state index in [0.717, 1.165) is 0 Å². The molecule has 0 fully saturated rings. The first-order valence-corrected chi connectivity index (χ1v) is 3.05. The number of rotatable bonds is 4. The molecule has 0 aliphatic carbocycles. The predicted molar refractivity (Wildman–Crippen MR) is 37.8 cm³/mol. The lowest BCUT2D eigenvalue weighted by molar-refractivity contribution is -0.119. The largest absolute Gasteiger partial charge is 0.465 e. The van der Waals surface area contributed by atoms with Gasteiger partial charge in [0.25, 0.3) is 0 Å².